The Hall–Kier alpha value is -2.17. The lowest BCUT2D eigenvalue weighted by Gasteiger charge is -2.33. The van der Waals surface area contributed by atoms with Crippen molar-refractivity contribution in [3.8, 4) is 5.75 Å². The van der Waals surface area contributed by atoms with Crippen molar-refractivity contribution in [3.05, 3.63) is 24.3 Å². The standard InChI is InChI=1S/C23H35N3O6S/c1-3-21(23(28)25-17-7-4-5-8-17)26(16-19-9-6-14-32-19)22(27)15-24-33(29,30)20-12-10-18(31-2)11-13-20/h10-13,17,19,21,24H,3-9,14-16H2,1-2H3,(H,25,28)/t19-,21+/m0/s1. The number of sulfonamides is 1. The van der Waals surface area contributed by atoms with Crippen molar-refractivity contribution in [1.29, 1.82) is 0 Å². The Kier molecular flexibility index (Phi) is 9.10. The van der Waals surface area contributed by atoms with Gasteiger partial charge in [-0.3, -0.25) is 9.59 Å². The summed E-state index contributed by atoms with van der Waals surface area (Å²) in [4.78, 5) is 27.7. The predicted octanol–water partition coefficient (Wildman–Crippen LogP) is 1.82. The fourth-order valence-corrected chi connectivity index (χ4v) is 5.40. The topological polar surface area (TPSA) is 114 Å². The fraction of sp³-hybridized carbons (Fsp3) is 0.652. The SMILES string of the molecule is CC[C@H](C(=O)NC1CCCC1)N(C[C@@H]1CCCO1)C(=O)CNS(=O)(=O)c1ccc(OC)cc1. The maximum atomic E-state index is 13.2. The first-order valence-electron chi connectivity index (χ1n) is 11.7. The molecule has 0 bridgehead atoms. The molecule has 0 radical (unpaired) electrons. The maximum Gasteiger partial charge on any atom is 0.243 e. The third-order valence-corrected chi connectivity index (χ3v) is 7.71. The second kappa shape index (κ2) is 11.8. The van der Waals surface area contributed by atoms with Crippen LogP contribution in [0.1, 0.15) is 51.9 Å². The molecule has 1 aliphatic carbocycles. The van der Waals surface area contributed by atoms with Crippen LogP contribution in [0.15, 0.2) is 29.2 Å². The summed E-state index contributed by atoms with van der Waals surface area (Å²) in [6.45, 7) is 2.31. The van der Waals surface area contributed by atoms with Gasteiger partial charge in [0.2, 0.25) is 21.8 Å². The Balaban J connectivity index is 1.69. The summed E-state index contributed by atoms with van der Waals surface area (Å²) in [5, 5.41) is 3.07. The van der Waals surface area contributed by atoms with Crippen LogP contribution in [0.5, 0.6) is 5.75 Å². The van der Waals surface area contributed by atoms with Gasteiger partial charge in [-0.25, -0.2) is 13.1 Å². The average Bonchev–Trinajstić information content (AvgIpc) is 3.52. The summed E-state index contributed by atoms with van der Waals surface area (Å²) in [5.41, 5.74) is 0. The number of ether oxygens (including phenoxy) is 2. The first-order valence-corrected chi connectivity index (χ1v) is 13.2. The first kappa shape index (κ1) is 25.5. The summed E-state index contributed by atoms with van der Waals surface area (Å²) in [6.07, 6.45) is 6.07. The molecule has 184 valence electrons. The third-order valence-electron chi connectivity index (χ3n) is 6.29. The molecule has 2 amide bonds. The van der Waals surface area contributed by atoms with Gasteiger partial charge in [0.15, 0.2) is 0 Å². The zero-order chi connectivity index (χ0) is 23.8. The highest BCUT2D eigenvalue weighted by Gasteiger charge is 2.33. The third kappa shape index (κ3) is 6.91. The number of amides is 2. The van der Waals surface area contributed by atoms with Crippen molar-refractivity contribution >= 4 is 21.8 Å². The molecule has 1 heterocycles. The van der Waals surface area contributed by atoms with Crippen LogP contribution in [0.3, 0.4) is 0 Å². The minimum Gasteiger partial charge on any atom is -0.497 e. The molecule has 1 saturated carbocycles. The van der Waals surface area contributed by atoms with E-state index >= 15 is 0 Å². The lowest BCUT2D eigenvalue weighted by molar-refractivity contribution is -0.141. The summed E-state index contributed by atoms with van der Waals surface area (Å²) >= 11 is 0. The molecule has 2 fully saturated rings. The molecule has 10 heteroatoms. The highest BCUT2D eigenvalue weighted by atomic mass is 32.2. The second-order valence-corrected chi connectivity index (χ2v) is 10.4. The van der Waals surface area contributed by atoms with Crippen molar-refractivity contribution < 1.29 is 27.5 Å². The Bertz CT molecular complexity index is 893. The molecule has 2 atom stereocenters. The average molecular weight is 482 g/mol. The number of rotatable bonds is 11. The lowest BCUT2D eigenvalue weighted by atomic mass is 10.1. The summed E-state index contributed by atoms with van der Waals surface area (Å²) < 4.78 is 38.5. The van der Waals surface area contributed by atoms with Crippen molar-refractivity contribution in [3.63, 3.8) is 0 Å². The van der Waals surface area contributed by atoms with Gasteiger partial charge >= 0.3 is 0 Å². The van der Waals surface area contributed by atoms with E-state index in [1.54, 1.807) is 12.1 Å². The van der Waals surface area contributed by atoms with Gasteiger partial charge in [-0.05, 0) is 56.4 Å². The predicted molar refractivity (Wildman–Crippen MR) is 123 cm³/mol. The highest BCUT2D eigenvalue weighted by molar-refractivity contribution is 7.89. The normalized spacial score (nSPS) is 19.9. The van der Waals surface area contributed by atoms with Gasteiger partial charge in [-0.1, -0.05) is 19.8 Å². The smallest absolute Gasteiger partial charge is 0.243 e. The molecule has 1 aliphatic heterocycles. The number of hydrogen-bond acceptors (Lipinski definition) is 6. The van der Waals surface area contributed by atoms with Gasteiger partial charge in [0.1, 0.15) is 11.8 Å². The first-order chi connectivity index (χ1) is 15.8. The number of carbonyl (C=O) groups is 2. The molecule has 2 aliphatic rings. The molecule has 0 spiro atoms. The molecule has 33 heavy (non-hydrogen) atoms. The van der Waals surface area contributed by atoms with Crippen LogP contribution in [0, 0.1) is 0 Å². The molecule has 1 saturated heterocycles. The number of methoxy groups -OCH3 is 1. The minimum absolute atomic E-state index is 0.0350. The van der Waals surface area contributed by atoms with Gasteiger partial charge in [0.25, 0.3) is 0 Å². The van der Waals surface area contributed by atoms with Crippen molar-refractivity contribution in [2.45, 2.75) is 75.0 Å². The fourth-order valence-electron chi connectivity index (χ4n) is 4.42. The Morgan fingerprint density at radius 1 is 1.15 bits per heavy atom. The molecule has 0 unspecified atom stereocenters. The van der Waals surface area contributed by atoms with E-state index in [0.717, 1.165) is 38.5 Å². The number of benzene rings is 1. The van der Waals surface area contributed by atoms with Gasteiger partial charge in [0.05, 0.1) is 24.7 Å². The Morgan fingerprint density at radius 3 is 2.42 bits per heavy atom. The number of nitrogens with zero attached hydrogens (tertiary/aromatic N) is 1. The molecular formula is C23H35N3O6S. The maximum absolute atomic E-state index is 13.2. The summed E-state index contributed by atoms with van der Waals surface area (Å²) in [6, 6.07) is 5.38. The summed E-state index contributed by atoms with van der Waals surface area (Å²) in [5.74, 6) is -0.100. The van der Waals surface area contributed by atoms with Crippen LogP contribution in [0.4, 0.5) is 0 Å². The monoisotopic (exact) mass is 481 g/mol. The largest absolute Gasteiger partial charge is 0.497 e. The molecule has 9 nitrogen and oxygen atoms in total. The molecule has 3 rings (SSSR count). The summed E-state index contributed by atoms with van der Waals surface area (Å²) in [7, 11) is -2.40. The van der Waals surface area contributed by atoms with E-state index in [2.05, 4.69) is 10.0 Å². The van der Waals surface area contributed by atoms with E-state index < -0.39 is 28.5 Å². The van der Waals surface area contributed by atoms with E-state index in [0.29, 0.717) is 18.8 Å². The van der Waals surface area contributed by atoms with Crippen molar-refractivity contribution in [2.75, 3.05) is 26.8 Å². The van der Waals surface area contributed by atoms with E-state index in [9.17, 15) is 18.0 Å². The molecular weight excluding hydrogens is 446 g/mol. The van der Waals surface area contributed by atoms with Crippen molar-refractivity contribution in [2.24, 2.45) is 0 Å². The lowest BCUT2D eigenvalue weighted by Crippen LogP contribution is -2.55. The molecule has 1 aromatic carbocycles. The van der Waals surface area contributed by atoms with Crippen LogP contribution < -0.4 is 14.8 Å². The Labute approximate surface area is 196 Å². The quantitative estimate of drug-likeness (QED) is 0.498. The van der Waals surface area contributed by atoms with Gasteiger partial charge in [-0.15, -0.1) is 0 Å². The van der Waals surface area contributed by atoms with E-state index in [-0.39, 0.29) is 29.5 Å². The number of nitrogens with one attached hydrogen (secondary N) is 2. The van der Waals surface area contributed by atoms with E-state index in [4.69, 9.17) is 9.47 Å². The molecule has 1 aromatic rings. The van der Waals surface area contributed by atoms with Gasteiger partial charge in [-0.2, -0.15) is 0 Å². The van der Waals surface area contributed by atoms with Crippen LogP contribution in [-0.2, 0) is 24.3 Å². The zero-order valence-corrected chi connectivity index (χ0v) is 20.2. The molecule has 0 aromatic heterocycles. The van der Waals surface area contributed by atoms with Crippen molar-refractivity contribution in [1.82, 2.24) is 14.9 Å². The molecule has 2 N–H and O–H groups in total. The van der Waals surface area contributed by atoms with E-state index in [1.807, 2.05) is 6.92 Å². The van der Waals surface area contributed by atoms with Gasteiger partial charge in [0, 0.05) is 19.2 Å². The van der Waals surface area contributed by atoms with Gasteiger partial charge < -0.3 is 19.7 Å². The zero-order valence-electron chi connectivity index (χ0n) is 19.4. The second-order valence-electron chi connectivity index (χ2n) is 8.60. The van der Waals surface area contributed by atoms with Crippen LogP contribution in [0.25, 0.3) is 0 Å². The van der Waals surface area contributed by atoms with Crippen LogP contribution in [-0.4, -0.2) is 70.1 Å². The van der Waals surface area contributed by atoms with E-state index in [1.165, 1.54) is 24.1 Å². The highest BCUT2D eigenvalue weighted by Crippen LogP contribution is 2.20. The van der Waals surface area contributed by atoms with Crippen LogP contribution >= 0.6 is 0 Å². The number of hydrogen-bond donors (Lipinski definition) is 2. The number of carbonyl (C=O) groups excluding carboxylic acids is 2. The minimum atomic E-state index is -3.90. The Morgan fingerprint density at radius 2 is 1.85 bits per heavy atom. The van der Waals surface area contributed by atoms with Crippen LogP contribution in [0.2, 0.25) is 0 Å².